The van der Waals surface area contributed by atoms with E-state index in [0.717, 1.165) is 24.3 Å². The van der Waals surface area contributed by atoms with E-state index < -0.39 is 0 Å². The fourth-order valence-corrected chi connectivity index (χ4v) is 6.56. The molecule has 7 rings (SSSR count). The first-order chi connectivity index (χ1) is 15.1. The second kappa shape index (κ2) is 8.37. The van der Waals surface area contributed by atoms with E-state index >= 15 is 0 Å². The van der Waals surface area contributed by atoms with E-state index in [1.807, 2.05) is 18.2 Å². The van der Waals surface area contributed by atoms with Gasteiger partial charge in [-0.3, -0.25) is 14.3 Å². The molecule has 3 heterocycles. The standard InChI is InChI=1S/C20H23N3O2S.C2H3N3/c24-19(17-2-1-3-18-22-16(11-26-25)10-23(17)18)21-12-20-7-13-4-14(8-20)6-15(5-13)9-20;1-3-2-5-4-1/h1-3,10-11,13-15H,4-9,12H2,(H,21,24);1-2H,(H,3,4,5). The first-order valence-electron chi connectivity index (χ1n) is 10.8. The topological polar surface area (TPSA) is 105 Å². The van der Waals surface area contributed by atoms with Crippen LogP contribution < -0.4 is 5.32 Å². The number of amides is 1. The van der Waals surface area contributed by atoms with Crippen molar-refractivity contribution in [2.45, 2.75) is 38.5 Å². The fraction of sp³-hybridized carbons (Fsp3) is 0.500. The molecule has 4 aliphatic carbocycles. The smallest absolute Gasteiger partial charge is 0.268 e. The largest absolute Gasteiger partial charge is 0.350 e. The third-order valence-corrected chi connectivity index (χ3v) is 7.37. The number of hydrogen-bond acceptors (Lipinski definition) is 5. The van der Waals surface area contributed by atoms with Crippen molar-refractivity contribution in [1.29, 1.82) is 0 Å². The van der Waals surface area contributed by atoms with Crippen molar-refractivity contribution < 1.29 is 9.00 Å². The van der Waals surface area contributed by atoms with Gasteiger partial charge in [-0.25, -0.2) is 14.2 Å². The molecule has 4 bridgehead atoms. The van der Waals surface area contributed by atoms with Gasteiger partial charge in [-0.2, -0.15) is 5.10 Å². The summed E-state index contributed by atoms with van der Waals surface area (Å²) in [6, 6.07) is 5.51. The highest BCUT2D eigenvalue weighted by atomic mass is 32.1. The molecule has 2 N–H and O–H groups in total. The van der Waals surface area contributed by atoms with Gasteiger partial charge in [-0.1, -0.05) is 6.07 Å². The van der Waals surface area contributed by atoms with Crippen LogP contribution in [0.5, 0.6) is 0 Å². The lowest BCUT2D eigenvalue weighted by atomic mass is 9.49. The van der Waals surface area contributed by atoms with Crippen LogP contribution in [0, 0.1) is 23.2 Å². The molecule has 4 saturated carbocycles. The molecule has 8 nitrogen and oxygen atoms in total. The number of aromatic amines is 1. The number of aromatic nitrogens is 5. The average Bonchev–Trinajstić information content (AvgIpc) is 3.44. The molecule has 31 heavy (non-hydrogen) atoms. The maximum Gasteiger partial charge on any atom is 0.268 e. The molecule has 0 atom stereocenters. The van der Waals surface area contributed by atoms with Crippen LogP contribution in [-0.2, 0) is 11.3 Å². The summed E-state index contributed by atoms with van der Waals surface area (Å²) in [5, 5.41) is 10.7. The average molecular weight is 439 g/mol. The molecule has 9 heteroatoms. The molecule has 4 aliphatic rings. The van der Waals surface area contributed by atoms with Crippen LogP contribution in [0.25, 0.3) is 5.65 Å². The summed E-state index contributed by atoms with van der Waals surface area (Å²) in [6.07, 6.45) is 12.8. The van der Waals surface area contributed by atoms with Crippen molar-refractivity contribution in [3.63, 3.8) is 0 Å². The van der Waals surface area contributed by atoms with Gasteiger partial charge in [0, 0.05) is 12.7 Å². The lowest BCUT2D eigenvalue weighted by molar-refractivity contribution is -0.0503. The molecule has 162 valence electrons. The van der Waals surface area contributed by atoms with Gasteiger partial charge in [0.2, 0.25) is 0 Å². The Kier molecular flexibility index (Phi) is 5.43. The minimum absolute atomic E-state index is 0.0509. The Morgan fingerprint density at radius 1 is 1.23 bits per heavy atom. The quantitative estimate of drug-likeness (QED) is 0.609. The summed E-state index contributed by atoms with van der Waals surface area (Å²) in [6.45, 7) is 0.788. The number of H-pyrrole nitrogens is 1. The van der Waals surface area contributed by atoms with Crippen molar-refractivity contribution in [3.05, 3.63) is 48.4 Å². The number of carbonyl (C=O) groups is 1. The minimum Gasteiger partial charge on any atom is -0.350 e. The predicted molar refractivity (Wildman–Crippen MR) is 118 cm³/mol. The lowest BCUT2D eigenvalue weighted by Gasteiger charge is -2.56. The van der Waals surface area contributed by atoms with Crippen molar-refractivity contribution in [3.8, 4) is 0 Å². The molecule has 4 fully saturated rings. The summed E-state index contributed by atoms with van der Waals surface area (Å²) in [7, 11) is 0. The second-order valence-electron chi connectivity index (χ2n) is 9.27. The SMILES string of the molecule is O=S=Cc1cn2c(C(=O)NCC34CC5CC(CC(C5)C3)C4)cccc2n1.c1nc[nH]n1. The molecule has 3 aromatic heterocycles. The van der Waals surface area contributed by atoms with Crippen LogP contribution in [0.3, 0.4) is 0 Å². The van der Waals surface area contributed by atoms with Crippen molar-refractivity contribution in [2.24, 2.45) is 23.2 Å². The molecule has 0 spiro atoms. The van der Waals surface area contributed by atoms with Crippen LogP contribution in [-0.4, -0.2) is 46.6 Å². The molecule has 0 aliphatic heterocycles. The van der Waals surface area contributed by atoms with E-state index in [1.165, 1.54) is 56.5 Å². The summed E-state index contributed by atoms with van der Waals surface area (Å²) in [5.41, 5.74) is 2.18. The van der Waals surface area contributed by atoms with Gasteiger partial charge in [-0.05, 0) is 73.8 Å². The maximum atomic E-state index is 12.9. The number of imidazole rings is 1. The summed E-state index contributed by atoms with van der Waals surface area (Å²) < 4.78 is 12.5. The van der Waals surface area contributed by atoms with Crippen LogP contribution in [0.15, 0.2) is 37.1 Å². The molecule has 0 aromatic carbocycles. The number of pyridine rings is 1. The molecule has 0 saturated heterocycles. The Hall–Kier alpha value is -2.81. The normalized spacial score (nSPS) is 28.1. The van der Waals surface area contributed by atoms with E-state index in [4.69, 9.17) is 0 Å². The molecule has 3 aromatic rings. The van der Waals surface area contributed by atoms with Crippen LogP contribution in [0.2, 0.25) is 0 Å². The molecule has 0 radical (unpaired) electrons. The van der Waals surface area contributed by atoms with Crippen molar-refractivity contribution in [1.82, 2.24) is 29.9 Å². The van der Waals surface area contributed by atoms with E-state index in [2.05, 4.69) is 25.5 Å². The third kappa shape index (κ3) is 4.19. The van der Waals surface area contributed by atoms with E-state index in [-0.39, 0.29) is 5.91 Å². The molecular formula is C22H26N6O2S. The number of hydrogen-bond donors (Lipinski definition) is 2. The fourth-order valence-electron chi connectivity index (χ4n) is 6.35. The van der Waals surface area contributed by atoms with Gasteiger partial charge in [0.1, 0.15) is 24.0 Å². The minimum atomic E-state index is -0.0509. The van der Waals surface area contributed by atoms with Gasteiger partial charge in [0.15, 0.2) is 0 Å². The number of nitrogens with zero attached hydrogens (tertiary/aromatic N) is 4. The van der Waals surface area contributed by atoms with E-state index in [0.29, 0.717) is 33.7 Å². The number of carbonyl (C=O) groups excluding carboxylic acids is 1. The van der Waals surface area contributed by atoms with Crippen molar-refractivity contribution >= 4 is 28.2 Å². The van der Waals surface area contributed by atoms with Crippen LogP contribution >= 0.6 is 0 Å². The third-order valence-electron chi connectivity index (χ3n) is 7.03. The number of rotatable bonds is 4. The summed E-state index contributed by atoms with van der Waals surface area (Å²) in [4.78, 5) is 20.8. The predicted octanol–water partition coefficient (Wildman–Crippen LogP) is 2.45. The first kappa shape index (κ1) is 20.1. The Balaban J connectivity index is 0.000000361. The Labute approximate surface area is 183 Å². The van der Waals surface area contributed by atoms with Gasteiger partial charge < -0.3 is 5.32 Å². The highest BCUT2D eigenvalue weighted by molar-refractivity contribution is 7.65. The zero-order valence-corrected chi connectivity index (χ0v) is 18.1. The van der Waals surface area contributed by atoms with E-state index in [9.17, 15) is 9.00 Å². The molecule has 0 unspecified atom stereocenters. The van der Waals surface area contributed by atoms with Gasteiger partial charge in [0.05, 0.1) is 22.3 Å². The Morgan fingerprint density at radius 3 is 2.55 bits per heavy atom. The Morgan fingerprint density at radius 2 is 1.97 bits per heavy atom. The van der Waals surface area contributed by atoms with E-state index in [1.54, 1.807) is 10.6 Å². The van der Waals surface area contributed by atoms with Gasteiger partial charge >= 0.3 is 0 Å². The monoisotopic (exact) mass is 438 g/mol. The first-order valence-corrected chi connectivity index (χ1v) is 11.6. The van der Waals surface area contributed by atoms with Gasteiger partial charge in [-0.15, -0.1) is 0 Å². The van der Waals surface area contributed by atoms with Crippen LogP contribution in [0.1, 0.15) is 54.7 Å². The zero-order valence-electron chi connectivity index (χ0n) is 17.2. The maximum absolute atomic E-state index is 12.9. The Bertz CT molecular complexity index is 1070. The van der Waals surface area contributed by atoms with Crippen molar-refractivity contribution in [2.75, 3.05) is 6.54 Å². The molecular weight excluding hydrogens is 412 g/mol. The molecule has 1 amide bonds. The number of nitrogens with one attached hydrogen (secondary N) is 2. The van der Waals surface area contributed by atoms with Gasteiger partial charge in [0.25, 0.3) is 5.91 Å². The number of fused-ring (bicyclic) bond motifs is 1. The summed E-state index contributed by atoms with van der Waals surface area (Å²) in [5.74, 6) is 2.61. The lowest BCUT2D eigenvalue weighted by Crippen LogP contribution is -2.51. The highest BCUT2D eigenvalue weighted by Crippen LogP contribution is 2.59. The zero-order chi connectivity index (χ0) is 21.3. The second-order valence-corrected chi connectivity index (χ2v) is 9.70. The van der Waals surface area contributed by atoms with Crippen LogP contribution in [0.4, 0.5) is 0 Å². The summed E-state index contributed by atoms with van der Waals surface area (Å²) >= 11 is 0.375. The highest BCUT2D eigenvalue weighted by Gasteiger charge is 2.50.